The van der Waals surface area contributed by atoms with Crippen molar-refractivity contribution in [2.75, 3.05) is 31.1 Å². The molecule has 6 nitrogen and oxygen atoms in total. The summed E-state index contributed by atoms with van der Waals surface area (Å²) in [5, 5.41) is 4.98. The lowest BCUT2D eigenvalue weighted by molar-refractivity contribution is 0.258. The lowest BCUT2D eigenvalue weighted by Gasteiger charge is -2.24. The molecular formula is C21H26N6. The SMILES string of the molecule is Cc1nc2ccc(N3CC4CN(C(C)C)CC4C3)nn2c1-c1ccncc1. The van der Waals surface area contributed by atoms with Gasteiger partial charge in [0, 0.05) is 50.2 Å². The van der Waals surface area contributed by atoms with Gasteiger partial charge in [-0.2, -0.15) is 0 Å². The Balaban J connectivity index is 1.46. The molecule has 6 heteroatoms. The minimum atomic E-state index is 0.648. The van der Waals surface area contributed by atoms with Crippen LogP contribution in [0, 0.1) is 18.8 Å². The van der Waals surface area contributed by atoms with Gasteiger partial charge >= 0.3 is 0 Å². The lowest BCUT2D eigenvalue weighted by atomic mass is 10.0. The second kappa shape index (κ2) is 6.30. The second-order valence-corrected chi connectivity index (χ2v) is 8.22. The third-order valence-electron chi connectivity index (χ3n) is 6.16. The standard InChI is InChI=1S/C21H26N6/c1-14(2)25-10-17-12-26(13-18(17)11-25)20-5-4-19-23-15(3)21(27(19)24-20)16-6-8-22-9-7-16/h4-9,14,17-18H,10-13H2,1-3H3. The summed E-state index contributed by atoms with van der Waals surface area (Å²) >= 11 is 0. The van der Waals surface area contributed by atoms with Crippen LogP contribution in [0.15, 0.2) is 36.7 Å². The molecule has 0 saturated carbocycles. The molecule has 2 aliphatic rings. The summed E-state index contributed by atoms with van der Waals surface area (Å²) in [6.45, 7) is 11.3. The third kappa shape index (κ3) is 2.79. The van der Waals surface area contributed by atoms with Gasteiger partial charge in [-0.05, 0) is 56.9 Å². The van der Waals surface area contributed by atoms with Gasteiger partial charge in [-0.1, -0.05) is 0 Å². The molecule has 3 aromatic heterocycles. The van der Waals surface area contributed by atoms with Crippen molar-refractivity contribution in [2.24, 2.45) is 11.8 Å². The average molecular weight is 362 g/mol. The Bertz CT molecular complexity index is 949. The molecule has 0 amide bonds. The highest BCUT2D eigenvalue weighted by Gasteiger charge is 2.41. The first-order chi connectivity index (χ1) is 13.1. The predicted molar refractivity (Wildman–Crippen MR) is 107 cm³/mol. The Morgan fingerprint density at radius 2 is 1.67 bits per heavy atom. The van der Waals surface area contributed by atoms with Crippen molar-refractivity contribution in [1.82, 2.24) is 24.5 Å². The van der Waals surface area contributed by atoms with E-state index in [1.165, 1.54) is 13.1 Å². The number of hydrogen-bond donors (Lipinski definition) is 0. The number of hydrogen-bond acceptors (Lipinski definition) is 5. The Morgan fingerprint density at radius 1 is 0.963 bits per heavy atom. The lowest BCUT2D eigenvalue weighted by Crippen LogP contribution is -2.33. The zero-order valence-corrected chi connectivity index (χ0v) is 16.2. The van der Waals surface area contributed by atoms with E-state index >= 15 is 0 Å². The molecule has 3 aromatic rings. The molecule has 27 heavy (non-hydrogen) atoms. The predicted octanol–water partition coefficient (Wildman–Crippen LogP) is 2.88. The molecule has 5 rings (SSSR count). The summed E-state index contributed by atoms with van der Waals surface area (Å²) in [4.78, 5) is 13.9. The van der Waals surface area contributed by atoms with Crippen LogP contribution >= 0.6 is 0 Å². The van der Waals surface area contributed by atoms with Crippen molar-refractivity contribution in [2.45, 2.75) is 26.8 Å². The van der Waals surface area contributed by atoms with E-state index in [9.17, 15) is 0 Å². The molecule has 0 aliphatic carbocycles. The molecule has 140 valence electrons. The van der Waals surface area contributed by atoms with E-state index in [-0.39, 0.29) is 0 Å². The fraction of sp³-hybridized carbons (Fsp3) is 0.476. The van der Waals surface area contributed by atoms with Crippen LogP contribution in [0.5, 0.6) is 0 Å². The topological polar surface area (TPSA) is 49.6 Å². The van der Waals surface area contributed by atoms with Gasteiger partial charge < -0.3 is 9.80 Å². The molecule has 0 aromatic carbocycles. The van der Waals surface area contributed by atoms with Crippen LogP contribution in [0.4, 0.5) is 5.82 Å². The van der Waals surface area contributed by atoms with Gasteiger partial charge in [-0.15, -0.1) is 5.10 Å². The van der Waals surface area contributed by atoms with E-state index in [1.807, 2.05) is 36.0 Å². The molecule has 2 fully saturated rings. The summed E-state index contributed by atoms with van der Waals surface area (Å²) in [5.74, 6) is 2.57. The van der Waals surface area contributed by atoms with Crippen LogP contribution in [-0.2, 0) is 0 Å². The van der Waals surface area contributed by atoms with Gasteiger partial charge in [0.25, 0.3) is 0 Å². The molecule has 2 saturated heterocycles. The van der Waals surface area contributed by atoms with Crippen molar-refractivity contribution in [1.29, 1.82) is 0 Å². The van der Waals surface area contributed by atoms with Crippen molar-refractivity contribution in [3.63, 3.8) is 0 Å². The van der Waals surface area contributed by atoms with E-state index in [4.69, 9.17) is 10.1 Å². The van der Waals surface area contributed by atoms with Crippen molar-refractivity contribution in [3.05, 3.63) is 42.4 Å². The Hall–Kier alpha value is -2.47. The second-order valence-electron chi connectivity index (χ2n) is 8.22. The molecule has 2 aliphatic heterocycles. The largest absolute Gasteiger partial charge is 0.355 e. The molecule has 2 unspecified atom stereocenters. The van der Waals surface area contributed by atoms with E-state index in [2.05, 4.69) is 40.8 Å². The fourth-order valence-electron chi connectivity index (χ4n) is 4.68. The van der Waals surface area contributed by atoms with Gasteiger partial charge in [0.1, 0.15) is 5.82 Å². The number of likely N-dealkylation sites (tertiary alicyclic amines) is 1. The maximum absolute atomic E-state index is 4.98. The van der Waals surface area contributed by atoms with Crippen molar-refractivity contribution in [3.8, 4) is 11.3 Å². The number of anilines is 1. The van der Waals surface area contributed by atoms with E-state index < -0.39 is 0 Å². The van der Waals surface area contributed by atoms with Gasteiger partial charge in [0.05, 0.1) is 11.4 Å². The average Bonchev–Trinajstić information content (AvgIpc) is 3.32. The number of rotatable bonds is 3. The smallest absolute Gasteiger partial charge is 0.154 e. The highest BCUT2D eigenvalue weighted by Crippen LogP contribution is 2.34. The van der Waals surface area contributed by atoms with Gasteiger partial charge in [0.2, 0.25) is 0 Å². The maximum atomic E-state index is 4.98. The zero-order valence-electron chi connectivity index (χ0n) is 16.2. The fourth-order valence-corrected chi connectivity index (χ4v) is 4.68. The molecule has 0 N–H and O–H groups in total. The zero-order chi connectivity index (χ0) is 18.5. The minimum absolute atomic E-state index is 0.648. The minimum Gasteiger partial charge on any atom is -0.355 e. The molecular weight excluding hydrogens is 336 g/mol. The highest BCUT2D eigenvalue weighted by atomic mass is 15.4. The summed E-state index contributed by atoms with van der Waals surface area (Å²) in [5.41, 5.74) is 4.05. The Labute approximate surface area is 159 Å². The first kappa shape index (κ1) is 16.7. The quantitative estimate of drug-likeness (QED) is 0.717. The number of fused-ring (bicyclic) bond motifs is 2. The molecule has 2 atom stereocenters. The van der Waals surface area contributed by atoms with E-state index in [1.54, 1.807) is 0 Å². The number of nitrogens with zero attached hydrogens (tertiary/aromatic N) is 6. The van der Waals surface area contributed by atoms with Crippen LogP contribution in [0.3, 0.4) is 0 Å². The third-order valence-corrected chi connectivity index (χ3v) is 6.16. The van der Waals surface area contributed by atoms with Crippen LogP contribution in [0.2, 0.25) is 0 Å². The molecule has 0 radical (unpaired) electrons. The Kier molecular flexibility index (Phi) is 3.90. The normalized spacial score (nSPS) is 22.9. The monoisotopic (exact) mass is 362 g/mol. The van der Waals surface area contributed by atoms with Gasteiger partial charge in [-0.25, -0.2) is 9.50 Å². The van der Waals surface area contributed by atoms with Crippen LogP contribution in [-0.4, -0.2) is 56.7 Å². The molecule has 0 bridgehead atoms. The summed E-state index contributed by atoms with van der Waals surface area (Å²) < 4.78 is 1.99. The van der Waals surface area contributed by atoms with Gasteiger partial charge in [0.15, 0.2) is 5.65 Å². The maximum Gasteiger partial charge on any atom is 0.154 e. The summed E-state index contributed by atoms with van der Waals surface area (Å²) in [7, 11) is 0. The Morgan fingerprint density at radius 3 is 2.33 bits per heavy atom. The number of aromatic nitrogens is 4. The number of pyridine rings is 1. The summed E-state index contributed by atoms with van der Waals surface area (Å²) in [6, 6.07) is 8.90. The van der Waals surface area contributed by atoms with E-state index in [0.29, 0.717) is 6.04 Å². The number of imidazole rings is 1. The van der Waals surface area contributed by atoms with Crippen LogP contribution < -0.4 is 4.90 Å². The molecule has 0 spiro atoms. The van der Waals surface area contributed by atoms with Crippen molar-refractivity contribution >= 4 is 11.5 Å². The van der Waals surface area contributed by atoms with E-state index in [0.717, 1.165) is 53.3 Å². The van der Waals surface area contributed by atoms with Crippen LogP contribution in [0.25, 0.3) is 16.9 Å². The first-order valence-electron chi connectivity index (χ1n) is 9.86. The highest BCUT2D eigenvalue weighted by molar-refractivity contribution is 5.66. The van der Waals surface area contributed by atoms with Crippen molar-refractivity contribution < 1.29 is 0 Å². The summed E-state index contributed by atoms with van der Waals surface area (Å²) in [6.07, 6.45) is 3.64. The van der Waals surface area contributed by atoms with Crippen LogP contribution in [0.1, 0.15) is 19.5 Å². The number of aryl methyl sites for hydroxylation is 1. The van der Waals surface area contributed by atoms with Gasteiger partial charge in [-0.3, -0.25) is 4.98 Å². The molecule has 5 heterocycles. The first-order valence-corrected chi connectivity index (χ1v) is 9.86.